The van der Waals surface area contributed by atoms with Crippen molar-refractivity contribution in [3.05, 3.63) is 94.0 Å². The molecule has 0 aliphatic heterocycles. The fraction of sp³-hybridized carbons (Fsp3) is 0.217. The van der Waals surface area contributed by atoms with Crippen LogP contribution in [0, 0.1) is 0 Å². The first-order valence-electron chi connectivity index (χ1n) is 9.75. The first-order chi connectivity index (χ1) is 15.3. The fourth-order valence-electron chi connectivity index (χ4n) is 3.52. The molecule has 0 heterocycles. The topological polar surface area (TPSA) is 57.6 Å². The lowest BCUT2D eigenvalue weighted by molar-refractivity contribution is -0.248. The SMILES string of the molecule is CC(C)N(c1ccc(C(O)(c2ccccc2)C(F)(F)F)cc1)S(=O)(=O)c1cc(Cl)ccc1Cl. The molecule has 3 aromatic carbocycles. The Kier molecular flexibility index (Phi) is 7.05. The van der Waals surface area contributed by atoms with Gasteiger partial charge in [-0.1, -0.05) is 65.7 Å². The van der Waals surface area contributed by atoms with Crippen LogP contribution >= 0.6 is 23.2 Å². The number of anilines is 1. The van der Waals surface area contributed by atoms with Crippen molar-refractivity contribution in [2.24, 2.45) is 0 Å². The minimum Gasteiger partial charge on any atom is -0.372 e. The average Bonchev–Trinajstić information content (AvgIpc) is 2.74. The number of sulfonamides is 1. The Hall–Kier alpha value is -2.26. The van der Waals surface area contributed by atoms with Crippen LogP contribution in [0.2, 0.25) is 10.0 Å². The Morgan fingerprint density at radius 1 is 0.879 bits per heavy atom. The van der Waals surface area contributed by atoms with E-state index >= 15 is 0 Å². The minimum atomic E-state index is -5.02. The molecule has 1 unspecified atom stereocenters. The minimum absolute atomic E-state index is 0.0443. The number of nitrogens with zero attached hydrogens (tertiary/aromatic N) is 1. The number of benzene rings is 3. The van der Waals surface area contributed by atoms with Gasteiger partial charge in [-0.3, -0.25) is 4.31 Å². The van der Waals surface area contributed by atoms with E-state index in [4.69, 9.17) is 23.2 Å². The normalized spacial score (nSPS) is 14.2. The van der Waals surface area contributed by atoms with Crippen LogP contribution < -0.4 is 4.31 Å². The summed E-state index contributed by atoms with van der Waals surface area (Å²) in [4.78, 5) is -0.231. The van der Waals surface area contributed by atoms with Gasteiger partial charge >= 0.3 is 6.18 Å². The summed E-state index contributed by atoms with van der Waals surface area (Å²) in [5.41, 5.74) is -3.98. The molecule has 0 aliphatic carbocycles. The van der Waals surface area contributed by atoms with Gasteiger partial charge < -0.3 is 5.11 Å². The first kappa shape index (κ1) is 25.4. The molecular formula is C23H20Cl2F3NO3S. The lowest BCUT2D eigenvalue weighted by Gasteiger charge is -2.33. The van der Waals surface area contributed by atoms with Gasteiger partial charge in [0.2, 0.25) is 5.60 Å². The van der Waals surface area contributed by atoms with E-state index in [0.717, 1.165) is 16.4 Å². The second-order valence-corrected chi connectivity index (χ2v) is 10.2. The van der Waals surface area contributed by atoms with E-state index in [1.807, 2.05) is 0 Å². The van der Waals surface area contributed by atoms with Crippen LogP contribution in [-0.4, -0.2) is 25.7 Å². The van der Waals surface area contributed by atoms with Gasteiger partial charge in [0, 0.05) is 11.1 Å². The molecule has 0 fully saturated rings. The van der Waals surface area contributed by atoms with Crippen LogP contribution in [0.4, 0.5) is 18.9 Å². The quantitative estimate of drug-likeness (QED) is 0.411. The molecule has 0 radical (unpaired) electrons. The van der Waals surface area contributed by atoms with E-state index in [0.29, 0.717) is 0 Å². The molecule has 0 bridgehead atoms. The zero-order valence-corrected chi connectivity index (χ0v) is 19.8. The standard InChI is InChI=1S/C23H20Cl2F3NO3S/c1-15(2)29(33(31,32)21-14-18(24)10-13-20(21)25)19-11-8-17(9-12-19)22(30,23(26,27)28)16-6-4-3-5-7-16/h3-15,30H,1-2H3. The van der Waals surface area contributed by atoms with E-state index in [1.165, 1.54) is 60.7 Å². The summed E-state index contributed by atoms with van der Waals surface area (Å²) in [6.45, 7) is 3.22. The van der Waals surface area contributed by atoms with E-state index in [-0.39, 0.29) is 26.2 Å². The molecule has 4 nitrogen and oxygen atoms in total. The Morgan fingerprint density at radius 2 is 1.42 bits per heavy atom. The highest BCUT2D eigenvalue weighted by Gasteiger charge is 2.56. The molecule has 0 aromatic heterocycles. The number of hydrogen-bond acceptors (Lipinski definition) is 3. The predicted octanol–water partition coefficient (Wildman–Crippen LogP) is 6.40. The van der Waals surface area contributed by atoms with Crippen molar-refractivity contribution in [1.82, 2.24) is 0 Å². The van der Waals surface area contributed by atoms with Crippen LogP contribution in [0.5, 0.6) is 0 Å². The Morgan fingerprint density at radius 3 is 1.94 bits per heavy atom. The molecular weight excluding hydrogens is 498 g/mol. The van der Waals surface area contributed by atoms with Gasteiger partial charge in [-0.2, -0.15) is 13.2 Å². The third-order valence-corrected chi connectivity index (χ3v) is 7.76. The maximum Gasteiger partial charge on any atom is 0.425 e. The number of aliphatic hydroxyl groups is 1. The molecule has 0 amide bonds. The van der Waals surface area contributed by atoms with Crippen LogP contribution in [0.1, 0.15) is 25.0 Å². The highest BCUT2D eigenvalue weighted by Crippen LogP contribution is 2.44. The van der Waals surface area contributed by atoms with Gasteiger partial charge in [0.1, 0.15) is 4.90 Å². The van der Waals surface area contributed by atoms with Crippen LogP contribution in [0.3, 0.4) is 0 Å². The van der Waals surface area contributed by atoms with Gasteiger partial charge in [0.05, 0.1) is 10.7 Å². The highest BCUT2D eigenvalue weighted by molar-refractivity contribution is 7.93. The summed E-state index contributed by atoms with van der Waals surface area (Å²) in [5.74, 6) is 0. The summed E-state index contributed by atoms with van der Waals surface area (Å²) in [7, 11) is -4.20. The number of halogens is 5. The molecule has 0 aliphatic rings. The summed E-state index contributed by atoms with van der Waals surface area (Å²) < 4.78 is 69.7. The number of rotatable bonds is 6. The van der Waals surface area contributed by atoms with Crippen molar-refractivity contribution >= 4 is 38.9 Å². The second kappa shape index (κ2) is 9.18. The van der Waals surface area contributed by atoms with Crippen molar-refractivity contribution in [3.63, 3.8) is 0 Å². The van der Waals surface area contributed by atoms with Gasteiger partial charge in [0.25, 0.3) is 10.0 Å². The first-order valence-corrected chi connectivity index (χ1v) is 11.9. The molecule has 3 rings (SSSR count). The lowest BCUT2D eigenvalue weighted by Crippen LogP contribution is -2.43. The number of alkyl halides is 3. The molecule has 3 aromatic rings. The van der Waals surface area contributed by atoms with E-state index in [9.17, 15) is 26.7 Å². The Labute approximate surface area is 200 Å². The van der Waals surface area contributed by atoms with Crippen molar-refractivity contribution in [2.45, 2.75) is 36.6 Å². The molecule has 10 heteroatoms. The Balaban J connectivity index is 2.11. The third-order valence-electron chi connectivity index (χ3n) is 5.04. The third kappa shape index (κ3) is 4.71. The zero-order chi connectivity index (χ0) is 24.6. The van der Waals surface area contributed by atoms with Gasteiger partial charge in [-0.15, -0.1) is 0 Å². The molecule has 1 atom stereocenters. The summed E-state index contributed by atoms with van der Waals surface area (Å²) in [6, 6.07) is 14.6. The van der Waals surface area contributed by atoms with Crippen molar-refractivity contribution < 1.29 is 26.7 Å². The van der Waals surface area contributed by atoms with Gasteiger partial charge in [-0.05, 0) is 55.3 Å². The van der Waals surface area contributed by atoms with Crippen LogP contribution in [0.25, 0.3) is 0 Å². The number of hydrogen-bond donors (Lipinski definition) is 1. The molecule has 1 N–H and O–H groups in total. The van der Waals surface area contributed by atoms with E-state index < -0.39 is 33.4 Å². The van der Waals surface area contributed by atoms with Crippen molar-refractivity contribution in [3.8, 4) is 0 Å². The average molecular weight is 518 g/mol. The predicted molar refractivity (Wildman–Crippen MR) is 123 cm³/mol. The fourth-order valence-corrected chi connectivity index (χ4v) is 5.92. The maximum absolute atomic E-state index is 14.0. The van der Waals surface area contributed by atoms with Gasteiger partial charge in [-0.25, -0.2) is 8.42 Å². The second-order valence-electron chi connectivity index (χ2n) is 7.59. The van der Waals surface area contributed by atoms with Crippen LogP contribution in [0.15, 0.2) is 77.7 Å². The zero-order valence-electron chi connectivity index (χ0n) is 17.5. The van der Waals surface area contributed by atoms with Crippen molar-refractivity contribution in [1.29, 1.82) is 0 Å². The van der Waals surface area contributed by atoms with Crippen molar-refractivity contribution in [2.75, 3.05) is 4.31 Å². The summed E-state index contributed by atoms with van der Waals surface area (Å²) in [6.07, 6.45) is -5.02. The molecule has 0 saturated heterocycles. The smallest absolute Gasteiger partial charge is 0.372 e. The van der Waals surface area contributed by atoms with Gasteiger partial charge in [0.15, 0.2) is 0 Å². The maximum atomic E-state index is 14.0. The molecule has 0 spiro atoms. The Bertz CT molecular complexity index is 1230. The lowest BCUT2D eigenvalue weighted by atomic mass is 9.85. The highest BCUT2D eigenvalue weighted by atomic mass is 35.5. The van der Waals surface area contributed by atoms with Crippen LogP contribution in [-0.2, 0) is 15.6 Å². The molecule has 0 saturated carbocycles. The summed E-state index contributed by atoms with van der Waals surface area (Å²) in [5, 5.41) is 10.9. The largest absolute Gasteiger partial charge is 0.425 e. The van der Waals surface area contributed by atoms with E-state index in [1.54, 1.807) is 13.8 Å². The monoisotopic (exact) mass is 517 g/mol. The molecule has 176 valence electrons. The summed E-state index contributed by atoms with van der Waals surface area (Å²) >= 11 is 12.0. The molecule has 33 heavy (non-hydrogen) atoms. The van der Waals surface area contributed by atoms with E-state index in [2.05, 4.69) is 0 Å².